The molecule has 33 heavy (non-hydrogen) atoms. The van der Waals surface area contributed by atoms with E-state index in [1.807, 2.05) is 43.3 Å². The maximum atomic E-state index is 13.1. The first kappa shape index (κ1) is 21.3. The minimum atomic E-state index is -4.37. The molecule has 4 nitrogen and oxygen atoms in total. The van der Waals surface area contributed by atoms with Gasteiger partial charge in [-0.15, -0.1) is 0 Å². The van der Waals surface area contributed by atoms with E-state index in [0.717, 1.165) is 38.6 Å². The van der Waals surface area contributed by atoms with Crippen LogP contribution in [0.4, 0.5) is 13.2 Å². The molecule has 1 N–H and O–H groups in total. The molecule has 168 valence electrons. The smallest absolute Gasteiger partial charge is 0.416 e. The van der Waals surface area contributed by atoms with Gasteiger partial charge in [-0.25, -0.2) is 4.79 Å². The molecule has 1 aromatic heterocycles. The van der Waals surface area contributed by atoms with E-state index >= 15 is 0 Å². The number of ether oxygens (including phenoxy) is 1. The SMILES string of the molecule is Cc1c2c(cc3c(-c4ccccc4)cc(=O)oc13)C[NH+](Cc1cccc(C(F)(F)F)c1)CO2. The Morgan fingerprint density at radius 3 is 2.55 bits per heavy atom. The van der Waals surface area contributed by atoms with Gasteiger partial charge >= 0.3 is 11.8 Å². The number of halogens is 3. The van der Waals surface area contributed by atoms with E-state index < -0.39 is 17.4 Å². The molecule has 0 saturated carbocycles. The zero-order chi connectivity index (χ0) is 23.2. The average Bonchev–Trinajstić information content (AvgIpc) is 2.79. The first-order valence-corrected chi connectivity index (χ1v) is 10.6. The van der Waals surface area contributed by atoms with Crippen LogP contribution < -0.4 is 15.3 Å². The lowest BCUT2D eigenvalue weighted by Gasteiger charge is -2.28. The molecule has 0 amide bonds. The third-order valence-corrected chi connectivity index (χ3v) is 5.95. The molecular formula is C26H21F3NO3+. The van der Waals surface area contributed by atoms with Crippen LogP contribution in [0.15, 0.2) is 75.9 Å². The van der Waals surface area contributed by atoms with Crippen LogP contribution in [-0.2, 0) is 19.3 Å². The van der Waals surface area contributed by atoms with Crippen molar-refractivity contribution in [3.05, 3.63) is 99.4 Å². The van der Waals surface area contributed by atoms with E-state index in [9.17, 15) is 18.0 Å². The number of hydrogen-bond donors (Lipinski definition) is 1. The fourth-order valence-electron chi connectivity index (χ4n) is 4.45. The topological polar surface area (TPSA) is 43.9 Å². The van der Waals surface area contributed by atoms with Crippen molar-refractivity contribution >= 4 is 11.0 Å². The lowest BCUT2D eigenvalue weighted by Crippen LogP contribution is -3.10. The Labute approximate surface area is 187 Å². The number of fused-ring (bicyclic) bond motifs is 2. The quantitative estimate of drug-likeness (QED) is 0.458. The monoisotopic (exact) mass is 452 g/mol. The van der Waals surface area contributed by atoms with Crippen molar-refractivity contribution in [3.8, 4) is 16.9 Å². The van der Waals surface area contributed by atoms with Crippen LogP contribution in [0.5, 0.6) is 5.75 Å². The van der Waals surface area contributed by atoms with Gasteiger partial charge in [-0.1, -0.05) is 42.5 Å². The average molecular weight is 452 g/mol. The van der Waals surface area contributed by atoms with Crippen molar-refractivity contribution in [3.63, 3.8) is 0 Å². The molecule has 0 radical (unpaired) electrons. The van der Waals surface area contributed by atoms with E-state index in [-0.39, 0.29) is 0 Å². The molecule has 0 bridgehead atoms. The molecule has 0 spiro atoms. The fourth-order valence-corrected chi connectivity index (χ4v) is 4.45. The van der Waals surface area contributed by atoms with Crippen LogP contribution in [0.1, 0.15) is 22.3 Å². The maximum absolute atomic E-state index is 13.1. The molecule has 2 heterocycles. The van der Waals surface area contributed by atoms with Gasteiger partial charge < -0.3 is 9.15 Å². The number of benzene rings is 3. The molecule has 1 aliphatic rings. The fraction of sp³-hybridized carbons (Fsp3) is 0.192. The highest BCUT2D eigenvalue weighted by atomic mass is 19.4. The largest absolute Gasteiger partial charge is 0.444 e. The molecule has 1 atom stereocenters. The lowest BCUT2D eigenvalue weighted by atomic mass is 9.97. The molecule has 5 rings (SSSR count). The van der Waals surface area contributed by atoms with Crippen LogP contribution >= 0.6 is 0 Å². The number of aryl methyl sites for hydroxylation is 1. The predicted octanol–water partition coefficient (Wildman–Crippen LogP) is 4.72. The van der Waals surface area contributed by atoms with Gasteiger partial charge in [0.05, 0.1) is 5.56 Å². The third kappa shape index (κ3) is 4.12. The van der Waals surface area contributed by atoms with Crippen LogP contribution in [0.3, 0.4) is 0 Å². The summed E-state index contributed by atoms with van der Waals surface area (Å²) < 4.78 is 50.8. The summed E-state index contributed by atoms with van der Waals surface area (Å²) in [5.41, 5.74) is 3.35. The zero-order valence-electron chi connectivity index (χ0n) is 17.8. The van der Waals surface area contributed by atoms with Crippen LogP contribution in [-0.4, -0.2) is 6.73 Å². The summed E-state index contributed by atoms with van der Waals surface area (Å²) in [7, 11) is 0. The Bertz CT molecular complexity index is 1390. The van der Waals surface area contributed by atoms with Crippen molar-refractivity contribution in [2.24, 2.45) is 0 Å². The van der Waals surface area contributed by atoms with Gasteiger partial charge in [-0.05, 0) is 36.2 Å². The van der Waals surface area contributed by atoms with Gasteiger partial charge in [0.15, 0.2) is 0 Å². The summed E-state index contributed by atoms with van der Waals surface area (Å²) in [5.74, 6) is 0.670. The molecular weight excluding hydrogens is 431 g/mol. The van der Waals surface area contributed by atoms with Gasteiger partial charge in [-0.2, -0.15) is 13.2 Å². The van der Waals surface area contributed by atoms with Crippen molar-refractivity contribution < 1.29 is 27.2 Å². The summed E-state index contributed by atoms with van der Waals surface area (Å²) in [6.45, 7) is 3.14. The lowest BCUT2D eigenvalue weighted by molar-refractivity contribution is -0.945. The molecule has 1 aliphatic heterocycles. The van der Waals surface area contributed by atoms with Crippen LogP contribution in [0.2, 0.25) is 0 Å². The summed E-state index contributed by atoms with van der Waals surface area (Å²) in [5, 5.41) is 0.806. The number of quaternary nitrogens is 1. The van der Waals surface area contributed by atoms with E-state index in [4.69, 9.17) is 9.15 Å². The second kappa shape index (κ2) is 8.08. The Morgan fingerprint density at radius 2 is 1.79 bits per heavy atom. The molecule has 0 saturated heterocycles. The Morgan fingerprint density at radius 1 is 1.00 bits per heavy atom. The first-order valence-electron chi connectivity index (χ1n) is 10.6. The van der Waals surface area contributed by atoms with Crippen molar-refractivity contribution in [1.29, 1.82) is 0 Å². The highest BCUT2D eigenvalue weighted by molar-refractivity contribution is 5.96. The normalized spacial score (nSPS) is 15.8. The van der Waals surface area contributed by atoms with Gasteiger partial charge in [0.25, 0.3) is 0 Å². The number of rotatable bonds is 3. The summed E-state index contributed by atoms with van der Waals surface area (Å²) in [6, 6.07) is 18.5. The standard InChI is InChI=1S/C26H20F3NO3/c1-16-24-19(11-22-21(12-23(31)33-25(16)22)18-7-3-2-4-8-18)14-30(15-32-24)13-17-6-5-9-20(10-17)26(27,28)29/h2-12H,13-15H2,1H3/p+1. The van der Waals surface area contributed by atoms with Gasteiger partial charge in [0, 0.05) is 28.1 Å². The Hall–Kier alpha value is -3.58. The number of alkyl halides is 3. The van der Waals surface area contributed by atoms with Crippen molar-refractivity contribution in [2.75, 3.05) is 6.73 Å². The van der Waals surface area contributed by atoms with Crippen LogP contribution in [0, 0.1) is 6.92 Å². The van der Waals surface area contributed by atoms with Crippen molar-refractivity contribution in [1.82, 2.24) is 0 Å². The number of nitrogens with one attached hydrogen (secondary N) is 1. The first-order chi connectivity index (χ1) is 15.8. The second-order valence-electron chi connectivity index (χ2n) is 8.30. The third-order valence-electron chi connectivity index (χ3n) is 5.95. The minimum absolute atomic E-state index is 0.304. The Balaban J connectivity index is 1.52. The molecule has 7 heteroatoms. The highest BCUT2D eigenvalue weighted by Gasteiger charge is 2.31. The zero-order valence-corrected chi connectivity index (χ0v) is 17.8. The van der Waals surface area contributed by atoms with Crippen LogP contribution in [0.25, 0.3) is 22.1 Å². The van der Waals surface area contributed by atoms with Gasteiger partial charge in [-0.3, -0.25) is 4.90 Å². The predicted molar refractivity (Wildman–Crippen MR) is 118 cm³/mol. The molecule has 4 aromatic rings. The molecule has 1 unspecified atom stereocenters. The van der Waals surface area contributed by atoms with Gasteiger partial charge in [0.2, 0.25) is 6.73 Å². The maximum Gasteiger partial charge on any atom is 0.416 e. The number of hydrogen-bond acceptors (Lipinski definition) is 3. The molecule has 3 aromatic carbocycles. The minimum Gasteiger partial charge on any atom is -0.444 e. The van der Waals surface area contributed by atoms with E-state index in [1.54, 1.807) is 6.07 Å². The molecule has 0 aliphatic carbocycles. The second-order valence-corrected chi connectivity index (χ2v) is 8.30. The summed E-state index contributed by atoms with van der Waals surface area (Å²) in [4.78, 5) is 13.2. The van der Waals surface area contributed by atoms with E-state index in [1.165, 1.54) is 18.2 Å². The highest BCUT2D eigenvalue weighted by Crippen LogP contribution is 2.36. The Kier molecular flexibility index (Phi) is 5.21. The van der Waals surface area contributed by atoms with Gasteiger partial charge in [0.1, 0.15) is 24.4 Å². The molecule has 0 fully saturated rings. The summed E-state index contributed by atoms with van der Waals surface area (Å²) >= 11 is 0. The summed E-state index contributed by atoms with van der Waals surface area (Å²) in [6.07, 6.45) is -4.37. The van der Waals surface area contributed by atoms with E-state index in [2.05, 4.69) is 0 Å². The van der Waals surface area contributed by atoms with Crippen molar-refractivity contribution in [2.45, 2.75) is 26.2 Å². The van der Waals surface area contributed by atoms with E-state index in [0.29, 0.717) is 36.7 Å².